The van der Waals surface area contributed by atoms with E-state index < -0.39 is 0 Å². The van der Waals surface area contributed by atoms with E-state index in [1.54, 1.807) is 43.5 Å². The van der Waals surface area contributed by atoms with Crippen molar-refractivity contribution in [2.45, 2.75) is 6.92 Å². The van der Waals surface area contributed by atoms with Gasteiger partial charge in [0, 0.05) is 16.1 Å². The molecule has 0 fully saturated rings. The second-order valence-corrected chi connectivity index (χ2v) is 5.70. The summed E-state index contributed by atoms with van der Waals surface area (Å²) in [6.45, 7) is 1.86. The van der Waals surface area contributed by atoms with Gasteiger partial charge in [-0.05, 0) is 43.3 Å². The summed E-state index contributed by atoms with van der Waals surface area (Å²) >= 11 is 5.93. The van der Waals surface area contributed by atoms with Crippen molar-refractivity contribution in [2.75, 3.05) is 12.4 Å². The number of carbonyl (C=O) groups excluding carboxylic acids is 1. The lowest BCUT2D eigenvalue weighted by Gasteiger charge is -2.08. The third-order valence-electron chi connectivity index (χ3n) is 3.66. The van der Waals surface area contributed by atoms with Crippen LogP contribution in [0.25, 0.3) is 11.3 Å². The van der Waals surface area contributed by atoms with E-state index in [0.717, 1.165) is 11.3 Å². The van der Waals surface area contributed by atoms with Crippen LogP contribution in [0.2, 0.25) is 5.02 Å². The molecule has 2 aromatic carbocycles. The molecule has 0 unspecified atom stereocenters. The Morgan fingerprint density at radius 3 is 2.42 bits per heavy atom. The molecule has 0 saturated carbocycles. The maximum absolute atomic E-state index is 12.5. The Morgan fingerprint density at radius 2 is 1.79 bits per heavy atom. The van der Waals surface area contributed by atoms with Gasteiger partial charge in [-0.2, -0.15) is 5.10 Å². The quantitative estimate of drug-likeness (QED) is 0.743. The zero-order valence-corrected chi connectivity index (χ0v) is 14.0. The summed E-state index contributed by atoms with van der Waals surface area (Å²) in [5, 5.41) is 10.8. The number of hydrogen-bond acceptors (Lipinski definition) is 3. The Balaban J connectivity index is 1.88. The molecule has 2 N–H and O–H groups in total. The third kappa shape index (κ3) is 3.26. The van der Waals surface area contributed by atoms with Gasteiger partial charge in [0.15, 0.2) is 0 Å². The van der Waals surface area contributed by atoms with Crippen molar-refractivity contribution in [3.63, 3.8) is 0 Å². The molecule has 0 saturated heterocycles. The van der Waals surface area contributed by atoms with Gasteiger partial charge < -0.3 is 10.1 Å². The molecule has 1 heterocycles. The first-order valence-electron chi connectivity index (χ1n) is 7.35. The van der Waals surface area contributed by atoms with E-state index >= 15 is 0 Å². The number of H-pyrrole nitrogens is 1. The molecule has 0 spiro atoms. The lowest BCUT2D eigenvalue weighted by Crippen LogP contribution is -2.12. The number of amides is 1. The van der Waals surface area contributed by atoms with E-state index in [9.17, 15) is 4.79 Å². The van der Waals surface area contributed by atoms with Gasteiger partial charge in [-0.25, -0.2) is 0 Å². The fourth-order valence-corrected chi connectivity index (χ4v) is 2.45. The van der Waals surface area contributed by atoms with Crippen molar-refractivity contribution in [3.8, 4) is 17.0 Å². The smallest absolute Gasteiger partial charge is 0.255 e. The van der Waals surface area contributed by atoms with Crippen LogP contribution in [0.1, 0.15) is 16.1 Å². The van der Waals surface area contributed by atoms with Gasteiger partial charge in [0.05, 0.1) is 18.5 Å². The number of nitrogens with zero attached hydrogens (tertiary/aromatic N) is 1. The number of ether oxygens (including phenoxy) is 1. The number of carbonyl (C=O) groups is 1. The topological polar surface area (TPSA) is 67.0 Å². The van der Waals surface area contributed by atoms with Gasteiger partial charge in [0.1, 0.15) is 11.4 Å². The highest BCUT2D eigenvalue weighted by Crippen LogP contribution is 2.29. The fourth-order valence-electron chi connectivity index (χ4n) is 2.33. The molecule has 0 atom stereocenters. The molecule has 0 aliphatic heterocycles. The average molecular weight is 342 g/mol. The van der Waals surface area contributed by atoms with Gasteiger partial charge in [-0.1, -0.05) is 23.7 Å². The first-order chi connectivity index (χ1) is 11.6. The molecule has 3 aromatic rings. The minimum atomic E-state index is -0.211. The van der Waals surface area contributed by atoms with Crippen molar-refractivity contribution in [1.29, 1.82) is 0 Å². The maximum Gasteiger partial charge on any atom is 0.255 e. The zero-order chi connectivity index (χ0) is 17.1. The number of benzene rings is 2. The molecule has 5 nitrogen and oxygen atoms in total. The summed E-state index contributed by atoms with van der Waals surface area (Å²) < 4.78 is 5.10. The van der Waals surface area contributed by atoms with Gasteiger partial charge in [-0.15, -0.1) is 0 Å². The lowest BCUT2D eigenvalue weighted by atomic mass is 10.1. The van der Waals surface area contributed by atoms with Gasteiger partial charge >= 0.3 is 0 Å². The van der Waals surface area contributed by atoms with E-state index in [-0.39, 0.29) is 5.91 Å². The number of rotatable bonds is 4. The molecular formula is C18H16ClN3O2. The molecule has 0 radical (unpaired) electrons. The standard InChI is InChI=1S/C18H16ClN3O2/c1-11-16(17(22-21-11)12-3-7-14(19)8-4-12)20-18(23)13-5-9-15(24-2)10-6-13/h3-10H,1-2H3,(H,20,23)(H,21,22). The number of hydrogen-bond donors (Lipinski definition) is 2. The number of anilines is 1. The summed E-state index contributed by atoms with van der Waals surface area (Å²) in [5.74, 6) is 0.491. The van der Waals surface area contributed by atoms with Crippen LogP contribution in [0, 0.1) is 6.92 Å². The monoisotopic (exact) mass is 341 g/mol. The van der Waals surface area contributed by atoms with Crippen molar-refractivity contribution in [1.82, 2.24) is 10.2 Å². The number of aromatic amines is 1. The number of halogens is 1. The van der Waals surface area contributed by atoms with Crippen LogP contribution in [0.4, 0.5) is 5.69 Å². The zero-order valence-electron chi connectivity index (χ0n) is 13.3. The molecule has 1 aromatic heterocycles. The molecule has 0 aliphatic rings. The molecule has 1 amide bonds. The highest BCUT2D eigenvalue weighted by atomic mass is 35.5. The van der Waals surface area contributed by atoms with E-state index in [1.807, 2.05) is 19.1 Å². The average Bonchev–Trinajstić information content (AvgIpc) is 2.96. The summed E-state index contributed by atoms with van der Waals surface area (Å²) in [7, 11) is 1.59. The van der Waals surface area contributed by atoms with Crippen molar-refractivity contribution < 1.29 is 9.53 Å². The van der Waals surface area contributed by atoms with Crippen molar-refractivity contribution >= 4 is 23.2 Å². The Kier molecular flexibility index (Phi) is 4.53. The molecule has 6 heteroatoms. The lowest BCUT2D eigenvalue weighted by molar-refractivity contribution is 0.102. The number of aryl methyl sites for hydroxylation is 1. The van der Waals surface area contributed by atoms with Crippen LogP contribution in [0.15, 0.2) is 48.5 Å². The maximum atomic E-state index is 12.5. The Hall–Kier alpha value is -2.79. The number of aromatic nitrogens is 2. The second-order valence-electron chi connectivity index (χ2n) is 5.26. The first-order valence-corrected chi connectivity index (χ1v) is 7.72. The largest absolute Gasteiger partial charge is 0.497 e. The Labute approximate surface area is 144 Å². The van der Waals surface area contributed by atoms with E-state index in [4.69, 9.17) is 16.3 Å². The third-order valence-corrected chi connectivity index (χ3v) is 3.91. The summed E-state index contributed by atoms with van der Waals surface area (Å²) in [5.41, 5.74) is 3.51. The predicted octanol–water partition coefficient (Wildman–Crippen LogP) is 4.30. The first kappa shape index (κ1) is 16.1. The summed E-state index contributed by atoms with van der Waals surface area (Å²) in [6.07, 6.45) is 0. The van der Waals surface area contributed by atoms with Crippen LogP contribution in [0.3, 0.4) is 0 Å². The Morgan fingerprint density at radius 1 is 1.12 bits per heavy atom. The molecule has 0 bridgehead atoms. The predicted molar refractivity (Wildman–Crippen MR) is 94.7 cm³/mol. The molecule has 0 aliphatic carbocycles. The normalized spacial score (nSPS) is 10.5. The second kappa shape index (κ2) is 6.76. The molecule has 122 valence electrons. The van der Waals surface area contributed by atoms with Crippen molar-refractivity contribution in [3.05, 3.63) is 64.8 Å². The Bertz CT molecular complexity index is 855. The number of methoxy groups -OCH3 is 1. The minimum Gasteiger partial charge on any atom is -0.497 e. The number of nitrogens with one attached hydrogen (secondary N) is 2. The molecule has 24 heavy (non-hydrogen) atoms. The van der Waals surface area contributed by atoms with Crippen LogP contribution in [-0.2, 0) is 0 Å². The van der Waals surface area contributed by atoms with E-state index in [2.05, 4.69) is 15.5 Å². The van der Waals surface area contributed by atoms with Gasteiger partial charge in [0.2, 0.25) is 0 Å². The minimum absolute atomic E-state index is 0.211. The summed E-state index contributed by atoms with van der Waals surface area (Å²) in [6, 6.07) is 14.2. The summed E-state index contributed by atoms with van der Waals surface area (Å²) in [4.78, 5) is 12.5. The molecular weight excluding hydrogens is 326 g/mol. The van der Waals surface area contributed by atoms with E-state index in [0.29, 0.717) is 27.7 Å². The van der Waals surface area contributed by atoms with Crippen LogP contribution in [0.5, 0.6) is 5.75 Å². The van der Waals surface area contributed by atoms with Gasteiger partial charge in [-0.3, -0.25) is 9.89 Å². The highest BCUT2D eigenvalue weighted by molar-refractivity contribution is 6.30. The van der Waals surface area contributed by atoms with Crippen LogP contribution < -0.4 is 10.1 Å². The van der Waals surface area contributed by atoms with Crippen LogP contribution in [-0.4, -0.2) is 23.2 Å². The van der Waals surface area contributed by atoms with E-state index in [1.165, 1.54) is 0 Å². The van der Waals surface area contributed by atoms with Crippen LogP contribution >= 0.6 is 11.6 Å². The highest BCUT2D eigenvalue weighted by Gasteiger charge is 2.16. The fraction of sp³-hybridized carbons (Fsp3) is 0.111. The SMILES string of the molecule is COc1ccc(C(=O)Nc2c(-c3ccc(Cl)cc3)n[nH]c2C)cc1. The van der Waals surface area contributed by atoms with Gasteiger partial charge in [0.25, 0.3) is 5.91 Å². The molecule has 3 rings (SSSR count). The van der Waals surface area contributed by atoms with Crippen molar-refractivity contribution in [2.24, 2.45) is 0 Å².